The van der Waals surface area contributed by atoms with E-state index in [9.17, 15) is 14.0 Å². The van der Waals surface area contributed by atoms with Gasteiger partial charge in [-0.3, -0.25) is 9.59 Å². The van der Waals surface area contributed by atoms with Crippen molar-refractivity contribution in [1.29, 1.82) is 0 Å². The summed E-state index contributed by atoms with van der Waals surface area (Å²) in [5.74, 6) is -0.774. The van der Waals surface area contributed by atoms with Crippen molar-refractivity contribution in [3.05, 3.63) is 63.9 Å². The number of hydrogen-bond donors (Lipinski definition) is 1. The Kier molecular flexibility index (Phi) is 6.79. The Bertz CT molecular complexity index is 766. The van der Waals surface area contributed by atoms with Gasteiger partial charge in [0.25, 0.3) is 0 Å². The number of carbonyl (C=O) groups excluding carboxylic acids is 2. The molecule has 0 saturated heterocycles. The van der Waals surface area contributed by atoms with E-state index in [4.69, 9.17) is 23.2 Å². The normalized spacial score (nSPS) is 10.4. The van der Waals surface area contributed by atoms with Gasteiger partial charge in [0.05, 0.1) is 17.1 Å². The van der Waals surface area contributed by atoms with Crippen molar-refractivity contribution in [3.8, 4) is 0 Å². The van der Waals surface area contributed by atoms with Gasteiger partial charge >= 0.3 is 0 Å². The van der Waals surface area contributed by atoms with Crippen LogP contribution < -0.4 is 10.2 Å². The van der Waals surface area contributed by atoms with Crippen molar-refractivity contribution >= 4 is 40.7 Å². The Hall–Kier alpha value is -2.11. The number of nitrogens with one attached hydrogen (secondary N) is 1. The van der Waals surface area contributed by atoms with Crippen molar-refractivity contribution in [1.82, 2.24) is 5.32 Å². The van der Waals surface area contributed by atoms with Gasteiger partial charge in [0.1, 0.15) is 5.82 Å². The first-order chi connectivity index (χ1) is 11.9. The van der Waals surface area contributed by atoms with Gasteiger partial charge in [-0.05, 0) is 35.9 Å². The van der Waals surface area contributed by atoms with Crippen molar-refractivity contribution in [2.24, 2.45) is 0 Å². The molecule has 2 aromatic rings. The Morgan fingerprint density at radius 2 is 1.80 bits per heavy atom. The van der Waals surface area contributed by atoms with Gasteiger partial charge in [-0.1, -0.05) is 35.3 Å². The zero-order valence-corrected chi connectivity index (χ0v) is 15.1. The highest BCUT2D eigenvalue weighted by Gasteiger charge is 2.15. The minimum absolute atomic E-state index is 0.137. The van der Waals surface area contributed by atoms with E-state index in [1.807, 2.05) is 0 Å². The summed E-state index contributed by atoms with van der Waals surface area (Å²) in [6, 6.07) is 10.6. The van der Waals surface area contributed by atoms with Crippen LogP contribution in [-0.4, -0.2) is 24.9 Å². The molecule has 0 atom stereocenters. The maximum atomic E-state index is 12.9. The summed E-state index contributed by atoms with van der Waals surface area (Å²) in [5.41, 5.74) is 1.20. The molecule has 0 aliphatic carbocycles. The number of halogens is 3. The molecule has 2 rings (SSSR count). The highest BCUT2D eigenvalue weighted by atomic mass is 35.5. The fraction of sp³-hybridized carbons (Fsp3) is 0.222. The summed E-state index contributed by atoms with van der Waals surface area (Å²) in [7, 11) is 0. The van der Waals surface area contributed by atoms with Crippen LogP contribution in [0.25, 0.3) is 0 Å². The number of anilines is 1. The molecule has 132 valence electrons. The van der Waals surface area contributed by atoms with Gasteiger partial charge in [-0.15, -0.1) is 0 Å². The Labute approximate surface area is 155 Å². The van der Waals surface area contributed by atoms with E-state index in [1.54, 1.807) is 30.3 Å². The summed E-state index contributed by atoms with van der Waals surface area (Å²) in [6.07, 6.45) is 0.137. The van der Waals surface area contributed by atoms with E-state index >= 15 is 0 Å². The smallest absolute Gasteiger partial charge is 0.224 e. The lowest BCUT2D eigenvalue weighted by atomic mass is 10.1. The standard InChI is InChI=1S/C18H17Cl2FN2O2/c1-12(24)23(17-11-14(19)4-7-16(17)20)9-8-22-18(25)10-13-2-5-15(21)6-3-13/h2-7,11H,8-10H2,1H3,(H,22,25). The lowest BCUT2D eigenvalue weighted by Crippen LogP contribution is -2.38. The molecule has 0 aliphatic heterocycles. The number of benzene rings is 2. The highest BCUT2D eigenvalue weighted by molar-refractivity contribution is 6.35. The summed E-state index contributed by atoms with van der Waals surface area (Å²) < 4.78 is 12.9. The molecular weight excluding hydrogens is 366 g/mol. The van der Waals surface area contributed by atoms with Crippen molar-refractivity contribution in [2.45, 2.75) is 13.3 Å². The molecule has 25 heavy (non-hydrogen) atoms. The molecule has 2 amide bonds. The van der Waals surface area contributed by atoms with Crippen LogP contribution in [0.3, 0.4) is 0 Å². The van der Waals surface area contributed by atoms with E-state index in [2.05, 4.69) is 5.32 Å². The summed E-state index contributed by atoms with van der Waals surface area (Å²) in [4.78, 5) is 25.3. The molecular formula is C18H17Cl2FN2O2. The maximum Gasteiger partial charge on any atom is 0.224 e. The quantitative estimate of drug-likeness (QED) is 0.824. The molecule has 0 unspecified atom stereocenters. The maximum absolute atomic E-state index is 12.9. The van der Waals surface area contributed by atoms with E-state index in [-0.39, 0.29) is 37.1 Å². The predicted octanol–water partition coefficient (Wildman–Crippen LogP) is 3.84. The number of carbonyl (C=O) groups is 2. The zero-order valence-electron chi connectivity index (χ0n) is 13.6. The SMILES string of the molecule is CC(=O)N(CCNC(=O)Cc1ccc(F)cc1)c1cc(Cl)ccc1Cl. The third-order valence-corrected chi connectivity index (χ3v) is 4.07. The van der Waals surface area contributed by atoms with Crippen LogP contribution in [0.5, 0.6) is 0 Å². The Balaban J connectivity index is 1.93. The van der Waals surface area contributed by atoms with Gasteiger partial charge in [0.2, 0.25) is 11.8 Å². The second-order valence-electron chi connectivity index (χ2n) is 5.42. The summed E-state index contributed by atoms with van der Waals surface area (Å²) >= 11 is 12.1. The van der Waals surface area contributed by atoms with E-state index in [0.29, 0.717) is 21.3 Å². The third kappa shape index (κ3) is 5.73. The van der Waals surface area contributed by atoms with Crippen LogP contribution in [0.15, 0.2) is 42.5 Å². The van der Waals surface area contributed by atoms with Gasteiger partial charge in [0, 0.05) is 25.0 Å². The van der Waals surface area contributed by atoms with Crippen LogP contribution in [0, 0.1) is 5.82 Å². The van der Waals surface area contributed by atoms with Gasteiger partial charge in [0.15, 0.2) is 0 Å². The Morgan fingerprint density at radius 3 is 2.44 bits per heavy atom. The van der Waals surface area contributed by atoms with E-state index in [0.717, 1.165) is 0 Å². The summed E-state index contributed by atoms with van der Waals surface area (Å²) in [5, 5.41) is 3.60. The van der Waals surface area contributed by atoms with Crippen molar-refractivity contribution < 1.29 is 14.0 Å². The van der Waals surface area contributed by atoms with Crippen molar-refractivity contribution in [3.63, 3.8) is 0 Å². The van der Waals surface area contributed by atoms with Crippen LogP contribution >= 0.6 is 23.2 Å². The molecule has 0 radical (unpaired) electrons. The lowest BCUT2D eigenvalue weighted by Gasteiger charge is -2.22. The van der Waals surface area contributed by atoms with Crippen LogP contribution in [0.1, 0.15) is 12.5 Å². The fourth-order valence-electron chi connectivity index (χ4n) is 2.30. The molecule has 0 saturated carbocycles. The first kappa shape index (κ1) is 19.2. The second-order valence-corrected chi connectivity index (χ2v) is 6.26. The monoisotopic (exact) mass is 382 g/mol. The average molecular weight is 383 g/mol. The number of hydrogen-bond acceptors (Lipinski definition) is 2. The zero-order chi connectivity index (χ0) is 18.4. The van der Waals surface area contributed by atoms with Crippen molar-refractivity contribution in [2.75, 3.05) is 18.0 Å². The van der Waals surface area contributed by atoms with E-state index in [1.165, 1.54) is 24.0 Å². The molecule has 1 N–H and O–H groups in total. The molecule has 0 aromatic heterocycles. The second kappa shape index (κ2) is 8.83. The summed E-state index contributed by atoms with van der Waals surface area (Å²) in [6.45, 7) is 1.92. The van der Waals surface area contributed by atoms with Gasteiger partial charge in [-0.25, -0.2) is 4.39 Å². The molecule has 0 heterocycles. The Morgan fingerprint density at radius 1 is 1.12 bits per heavy atom. The minimum atomic E-state index is -0.348. The fourth-order valence-corrected chi connectivity index (χ4v) is 2.68. The molecule has 2 aromatic carbocycles. The number of rotatable bonds is 6. The number of nitrogens with zero attached hydrogens (tertiary/aromatic N) is 1. The van der Waals surface area contributed by atoms with E-state index < -0.39 is 0 Å². The number of amides is 2. The molecule has 4 nitrogen and oxygen atoms in total. The molecule has 7 heteroatoms. The molecule has 0 fully saturated rings. The van der Waals surface area contributed by atoms with Crippen LogP contribution in [0.2, 0.25) is 10.0 Å². The highest BCUT2D eigenvalue weighted by Crippen LogP contribution is 2.29. The first-order valence-electron chi connectivity index (χ1n) is 7.61. The van der Waals surface area contributed by atoms with Crippen LogP contribution in [-0.2, 0) is 16.0 Å². The third-order valence-electron chi connectivity index (χ3n) is 3.51. The average Bonchev–Trinajstić information content (AvgIpc) is 2.56. The topological polar surface area (TPSA) is 49.4 Å². The molecule has 0 bridgehead atoms. The van der Waals surface area contributed by atoms with Gasteiger partial charge in [-0.2, -0.15) is 0 Å². The largest absolute Gasteiger partial charge is 0.354 e. The predicted molar refractivity (Wildman–Crippen MR) is 97.6 cm³/mol. The lowest BCUT2D eigenvalue weighted by molar-refractivity contribution is -0.121. The first-order valence-corrected chi connectivity index (χ1v) is 8.36. The molecule has 0 aliphatic rings. The molecule has 0 spiro atoms. The van der Waals surface area contributed by atoms with Crippen LogP contribution in [0.4, 0.5) is 10.1 Å². The van der Waals surface area contributed by atoms with Gasteiger partial charge < -0.3 is 10.2 Å². The minimum Gasteiger partial charge on any atom is -0.354 e.